The van der Waals surface area contributed by atoms with E-state index in [1.165, 1.54) is 24.3 Å². The number of carbonyl (C=O) groups is 1. The second-order valence-corrected chi connectivity index (χ2v) is 7.26. The number of nitrogens with two attached hydrogens (primary N) is 1. The zero-order valence-electron chi connectivity index (χ0n) is 11.4. The minimum atomic E-state index is -3.89. The summed E-state index contributed by atoms with van der Waals surface area (Å²) in [6, 6.07) is 11.9. The fourth-order valence-electron chi connectivity index (χ4n) is 2.59. The van der Waals surface area contributed by atoms with Gasteiger partial charge in [-0.05, 0) is 35.9 Å². The Morgan fingerprint density at radius 1 is 1.14 bits per heavy atom. The minimum absolute atomic E-state index is 0.0693. The summed E-state index contributed by atoms with van der Waals surface area (Å²) in [5.41, 5.74) is 6.67. The Morgan fingerprint density at radius 3 is 2.41 bits per heavy atom. The number of carbonyl (C=O) groups excluding carboxylic acids is 1. The molecule has 2 aromatic rings. The van der Waals surface area contributed by atoms with Crippen molar-refractivity contribution in [3.8, 4) is 0 Å². The molecule has 0 spiro atoms. The van der Waals surface area contributed by atoms with Crippen LogP contribution < -0.4 is 10.0 Å². The summed E-state index contributed by atoms with van der Waals surface area (Å²) in [6.07, 6.45) is 0.276. The molecule has 0 saturated heterocycles. The average molecular weight is 337 g/mol. The Kier molecular flexibility index (Phi) is 3.58. The summed E-state index contributed by atoms with van der Waals surface area (Å²) in [4.78, 5) is 11.8. The molecule has 0 aliphatic carbocycles. The fraction of sp³-hybridized carbons (Fsp3) is 0.133. The van der Waals surface area contributed by atoms with E-state index in [0.29, 0.717) is 10.7 Å². The SMILES string of the molecule is NC(=O)[C@@H]1Cc2ccccc2N1S(=O)(=O)c1ccc(Cl)cc1. The first kappa shape index (κ1) is 14.9. The van der Waals surface area contributed by atoms with E-state index in [0.717, 1.165) is 9.87 Å². The highest BCUT2D eigenvalue weighted by molar-refractivity contribution is 7.93. The maximum atomic E-state index is 12.9. The van der Waals surface area contributed by atoms with Crippen molar-refractivity contribution >= 4 is 33.2 Å². The molecular formula is C15H13ClN2O3S. The van der Waals surface area contributed by atoms with Crippen LogP contribution in [0.3, 0.4) is 0 Å². The number of primary amides is 1. The third-order valence-electron chi connectivity index (χ3n) is 3.62. The Morgan fingerprint density at radius 2 is 1.77 bits per heavy atom. The van der Waals surface area contributed by atoms with Crippen molar-refractivity contribution in [2.24, 2.45) is 5.73 Å². The third kappa shape index (κ3) is 2.34. The van der Waals surface area contributed by atoms with Crippen LogP contribution in [0.15, 0.2) is 53.4 Å². The van der Waals surface area contributed by atoms with Crippen molar-refractivity contribution in [2.75, 3.05) is 4.31 Å². The number of rotatable bonds is 3. The Balaban J connectivity index is 2.14. The standard InChI is InChI=1S/C15H13ClN2O3S/c16-11-5-7-12(8-6-11)22(20,21)18-13-4-2-1-3-10(13)9-14(18)15(17)19/h1-8,14H,9H2,(H2,17,19)/t14-/m0/s1. The van der Waals surface area contributed by atoms with E-state index >= 15 is 0 Å². The van der Waals surface area contributed by atoms with Crippen molar-refractivity contribution < 1.29 is 13.2 Å². The van der Waals surface area contributed by atoms with Gasteiger partial charge in [0.1, 0.15) is 6.04 Å². The van der Waals surface area contributed by atoms with Gasteiger partial charge in [-0.15, -0.1) is 0 Å². The average Bonchev–Trinajstić information content (AvgIpc) is 2.88. The summed E-state index contributed by atoms with van der Waals surface area (Å²) < 4.78 is 26.9. The lowest BCUT2D eigenvalue weighted by atomic mass is 10.1. The quantitative estimate of drug-likeness (QED) is 0.930. The molecule has 0 radical (unpaired) electrons. The zero-order chi connectivity index (χ0) is 15.9. The normalized spacial score (nSPS) is 17.3. The van der Waals surface area contributed by atoms with Gasteiger partial charge in [0.15, 0.2) is 0 Å². The molecule has 1 amide bonds. The lowest BCUT2D eigenvalue weighted by molar-refractivity contribution is -0.118. The van der Waals surface area contributed by atoms with Gasteiger partial charge in [-0.3, -0.25) is 9.10 Å². The van der Waals surface area contributed by atoms with Crippen LogP contribution in [0.2, 0.25) is 5.02 Å². The number of amides is 1. The van der Waals surface area contributed by atoms with Crippen LogP contribution in [0, 0.1) is 0 Å². The lowest BCUT2D eigenvalue weighted by Gasteiger charge is -2.24. The first-order valence-corrected chi connectivity index (χ1v) is 8.40. The molecule has 1 aliphatic heterocycles. The number of fused-ring (bicyclic) bond motifs is 1. The number of benzene rings is 2. The molecule has 0 aromatic heterocycles. The molecule has 1 aliphatic rings. The van der Waals surface area contributed by atoms with Gasteiger partial charge in [-0.2, -0.15) is 0 Å². The summed E-state index contributed by atoms with van der Waals surface area (Å²) in [6.45, 7) is 0. The zero-order valence-corrected chi connectivity index (χ0v) is 13.0. The summed E-state index contributed by atoms with van der Waals surface area (Å²) in [5.74, 6) is -0.672. The molecule has 5 nitrogen and oxygen atoms in total. The van der Waals surface area contributed by atoms with Crippen LogP contribution in [0.25, 0.3) is 0 Å². The minimum Gasteiger partial charge on any atom is -0.368 e. The molecular weight excluding hydrogens is 324 g/mol. The predicted octanol–water partition coefficient (Wildman–Crippen LogP) is 1.95. The van der Waals surface area contributed by atoms with Gasteiger partial charge >= 0.3 is 0 Å². The third-order valence-corrected chi connectivity index (χ3v) is 5.71. The molecule has 114 valence electrons. The molecule has 2 N–H and O–H groups in total. The predicted molar refractivity (Wildman–Crippen MR) is 84.2 cm³/mol. The van der Waals surface area contributed by atoms with Gasteiger partial charge in [0.25, 0.3) is 10.0 Å². The second-order valence-electron chi connectivity index (χ2n) is 5.01. The van der Waals surface area contributed by atoms with Crippen molar-refractivity contribution in [2.45, 2.75) is 17.4 Å². The van der Waals surface area contributed by atoms with E-state index < -0.39 is 22.0 Å². The van der Waals surface area contributed by atoms with Crippen LogP contribution in [-0.2, 0) is 21.2 Å². The topological polar surface area (TPSA) is 80.5 Å². The van der Waals surface area contributed by atoms with Gasteiger partial charge in [-0.1, -0.05) is 29.8 Å². The lowest BCUT2D eigenvalue weighted by Crippen LogP contribution is -2.45. The van der Waals surface area contributed by atoms with E-state index in [4.69, 9.17) is 17.3 Å². The van der Waals surface area contributed by atoms with E-state index in [1.54, 1.807) is 24.3 Å². The van der Waals surface area contributed by atoms with Crippen LogP contribution >= 0.6 is 11.6 Å². The smallest absolute Gasteiger partial charge is 0.265 e. The molecule has 0 unspecified atom stereocenters. The van der Waals surface area contributed by atoms with Crippen LogP contribution in [-0.4, -0.2) is 20.4 Å². The Bertz CT molecular complexity index is 834. The molecule has 7 heteroatoms. The van der Waals surface area contributed by atoms with E-state index in [1.807, 2.05) is 0 Å². The van der Waals surface area contributed by atoms with E-state index in [9.17, 15) is 13.2 Å². The molecule has 0 bridgehead atoms. The van der Waals surface area contributed by atoms with Crippen molar-refractivity contribution in [1.29, 1.82) is 0 Å². The Labute approximate surface area is 133 Å². The number of hydrogen-bond donors (Lipinski definition) is 1. The first-order chi connectivity index (χ1) is 10.4. The molecule has 3 rings (SSSR count). The number of para-hydroxylation sites is 1. The largest absolute Gasteiger partial charge is 0.368 e. The second kappa shape index (κ2) is 5.30. The van der Waals surface area contributed by atoms with E-state index in [2.05, 4.69) is 0 Å². The molecule has 0 fully saturated rings. The van der Waals surface area contributed by atoms with Gasteiger partial charge < -0.3 is 5.73 Å². The maximum Gasteiger partial charge on any atom is 0.265 e. The van der Waals surface area contributed by atoms with Gasteiger partial charge in [0, 0.05) is 11.4 Å². The summed E-state index contributed by atoms with van der Waals surface area (Å²) >= 11 is 5.80. The fourth-order valence-corrected chi connectivity index (χ4v) is 4.37. The van der Waals surface area contributed by atoms with Gasteiger partial charge in [0.2, 0.25) is 5.91 Å². The number of sulfonamides is 1. The van der Waals surface area contributed by atoms with Crippen molar-refractivity contribution in [1.82, 2.24) is 0 Å². The van der Waals surface area contributed by atoms with E-state index in [-0.39, 0.29) is 11.3 Å². The van der Waals surface area contributed by atoms with Gasteiger partial charge in [-0.25, -0.2) is 8.42 Å². The molecule has 1 atom stereocenters. The number of nitrogens with zero attached hydrogens (tertiary/aromatic N) is 1. The van der Waals surface area contributed by atoms with Crippen LogP contribution in [0.1, 0.15) is 5.56 Å². The summed E-state index contributed by atoms with van der Waals surface area (Å²) in [5, 5.41) is 0.437. The van der Waals surface area contributed by atoms with Crippen LogP contribution in [0.4, 0.5) is 5.69 Å². The van der Waals surface area contributed by atoms with Gasteiger partial charge in [0.05, 0.1) is 10.6 Å². The highest BCUT2D eigenvalue weighted by atomic mass is 35.5. The summed E-state index contributed by atoms with van der Waals surface area (Å²) in [7, 11) is -3.89. The first-order valence-electron chi connectivity index (χ1n) is 6.58. The molecule has 0 saturated carbocycles. The maximum absolute atomic E-state index is 12.9. The molecule has 1 heterocycles. The number of halogens is 1. The molecule has 22 heavy (non-hydrogen) atoms. The van der Waals surface area contributed by atoms with Crippen molar-refractivity contribution in [3.05, 3.63) is 59.1 Å². The van der Waals surface area contributed by atoms with Crippen molar-refractivity contribution in [3.63, 3.8) is 0 Å². The molecule has 2 aromatic carbocycles. The number of hydrogen-bond acceptors (Lipinski definition) is 3. The number of anilines is 1. The van der Waals surface area contributed by atoms with Crippen LogP contribution in [0.5, 0.6) is 0 Å². The highest BCUT2D eigenvalue weighted by Crippen LogP contribution is 2.36. The Hall–Kier alpha value is -2.05. The monoisotopic (exact) mass is 336 g/mol. The highest BCUT2D eigenvalue weighted by Gasteiger charge is 2.41.